The first kappa shape index (κ1) is 16.6. The first-order chi connectivity index (χ1) is 11.7. The molecule has 1 heterocycles. The van der Waals surface area contributed by atoms with Crippen molar-refractivity contribution >= 4 is 23.4 Å². The maximum absolute atomic E-state index is 8.75. The maximum Gasteiger partial charge on any atom is 0.196 e. The Morgan fingerprint density at radius 1 is 1.08 bits per heavy atom. The highest BCUT2D eigenvalue weighted by atomic mass is 35.5. The molecule has 0 N–H and O–H groups in total. The zero-order valence-corrected chi connectivity index (χ0v) is 14.7. The minimum Gasteiger partial charge on any atom is -0.270 e. The van der Waals surface area contributed by atoms with Crippen molar-refractivity contribution in [2.24, 2.45) is 0 Å². The first-order valence-corrected chi connectivity index (χ1v) is 8.83. The summed E-state index contributed by atoms with van der Waals surface area (Å²) < 4.78 is 2.00. The summed E-state index contributed by atoms with van der Waals surface area (Å²) in [6.07, 6.45) is 0.470. The number of nitrogens with zero attached hydrogens (tertiary/aromatic N) is 4. The second-order valence-electron chi connectivity index (χ2n) is 5.24. The predicted octanol–water partition coefficient (Wildman–Crippen LogP) is 4.90. The number of aryl methyl sites for hydroxylation is 1. The number of benzene rings is 2. The Kier molecular flexibility index (Phi) is 5.19. The van der Waals surface area contributed by atoms with Crippen molar-refractivity contribution in [3.05, 3.63) is 59.1 Å². The van der Waals surface area contributed by atoms with Gasteiger partial charge in [-0.3, -0.25) is 4.57 Å². The zero-order valence-electron chi connectivity index (χ0n) is 13.1. The third-order valence-corrected chi connectivity index (χ3v) is 4.66. The Morgan fingerprint density at radius 2 is 1.79 bits per heavy atom. The monoisotopic (exact) mass is 354 g/mol. The number of halogens is 1. The molecule has 0 amide bonds. The van der Waals surface area contributed by atoms with E-state index in [1.165, 1.54) is 17.3 Å². The third-order valence-electron chi connectivity index (χ3n) is 3.47. The summed E-state index contributed by atoms with van der Waals surface area (Å²) in [4.78, 5) is 0. The van der Waals surface area contributed by atoms with Gasteiger partial charge in [-0.15, -0.1) is 10.2 Å². The van der Waals surface area contributed by atoms with Crippen LogP contribution < -0.4 is 0 Å². The van der Waals surface area contributed by atoms with Crippen LogP contribution in [-0.4, -0.2) is 20.5 Å². The van der Waals surface area contributed by atoms with Crippen LogP contribution in [0.1, 0.15) is 12.0 Å². The molecule has 2 aromatic carbocycles. The summed E-state index contributed by atoms with van der Waals surface area (Å²) in [7, 11) is 0. The van der Waals surface area contributed by atoms with E-state index in [4.69, 9.17) is 16.9 Å². The molecule has 0 saturated carbocycles. The van der Waals surface area contributed by atoms with Gasteiger partial charge in [0.25, 0.3) is 0 Å². The molecule has 0 aliphatic heterocycles. The van der Waals surface area contributed by atoms with E-state index in [9.17, 15) is 0 Å². The summed E-state index contributed by atoms with van der Waals surface area (Å²) in [5.41, 5.74) is 3.13. The molecule has 0 aliphatic rings. The van der Waals surface area contributed by atoms with Crippen LogP contribution in [0.25, 0.3) is 17.1 Å². The van der Waals surface area contributed by atoms with Crippen molar-refractivity contribution in [2.75, 3.05) is 5.75 Å². The minimum atomic E-state index is 0.470. The van der Waals surface area contributed by atoms with E-state index in [0.29, 0.717) is 17.2 Å². The predicted molar refractivity (Wildman–Crippen MR) is 97.5 cm³/mol. The molecule has 0 aliphatic carbocycles. The van der Waals surface area contributed by atoms with Gasteiger partial charge >= 0.3 is 0 Å². The summed E-state index contributed by atoms with van der Waals surface area (Å²) >= 11 is 7.53. The van der Waals surface area contributed by atoms with E-state index < -0.39 is 0 Å². The summed E-state index contributed by atoms with van der Waals surface area (Å²) in [6, 6.07) is 17.9. The van der Waals surface area contributed by atoms with Crippen molar-refractivity contribution in [2.45, 2.75) is 18.5 Å². The van der Waals surface area contributed by atoms with Crippen molar-refractivity contribution in [1.29, 1.82) is 5.26 Å². The summed E-state index contributed by atoms with van der Waals surface area (Å²) in [5.74, 6) is 1.45. The molecule has 3 aromatic rings. The van der Waals surface area contributed by atoms with Crippen LogP contribution in [0.2, 0.25) is 5.02 Å². The molecule has 1 aromatic heterocycles. The third kappa shape index (κ3) is 3.61. The molecule has 6 heteroatoms. The molecule has 0 spiro atoms. The normalized spacial score (nSPS) is 10.5. The number of rotatable bonds is 5. The zero-order chi connectivity index (χ0) is 16.9. The lowest BCUT2D eigenvalue weighted by atomic mass is 10.1. The second kappa shape index (κ2) is 7.52. The Morgan fingerprint density at radius 3 is 2.46 bits per heavy atom. The van der Waals surface area contributed by atoms with Crippen LogP contribution in [0, 0.1) is 18.3 Å². The fraction of sp³-hybridized carbons (Fsp3) is 0.167. The van der Waals surface area contributed by atoms with Crippen LogP contribution in [0.4, 0.5) is 0 Å². The fourth-order valence-corrected chi connectivity index (χ4v) is 3.19. The van der Waals surface area contributed by atoms with Gasteiger partial charge in [-0.2, -0.15) is 5.26 Å². The van der Waals surface area contributed by atoms with Crippen LogP contribution in [0.15, 0.2) is 53.7 Å². The van der Waals surface area contributed by atoms with E-state index in [0.717, 1.165) is 22.2 Å². The Balaban J connectivity index is 2.07. The lowest BCUT2D eigenvalue weighted by Gasteiger charge is -2.10. The van der Waals surface area contributed by atoms with E-state index in [2.05, 4.69) is 35.3 Å². The molecule has 0 unspecified atom stereocenters. The highest BCUT2D eigenvalue weighted by molar-refractivity contribution is 7.99. The highest BCUT2D eigenvalue weighted by Crippen LogP contribution is 2.29. The number of thioether (sulfide) groups is 1. The van der Waals surface area contributed by atoms with E-state index >= 15 is 0 Å². The van der Waals surface area contributed by atoms with Crippen LogP contribution in [-0.2, 0) is 0 Å². The molecule has 24 heavy (non-hydrogen) atoms. The molecular formula is C18H15ClN4S. The maximum atomic E-state index is 8.75. The second-order valence-corrected chi connectivity index (χ2v) is 6.74. The van der Waals surface area contributed by atoms with Gasteiger partial charge in [-0.1, -0.05) is 53.2 Å². The average Bonchev–Trinajstić information content (AvgIpc) is 3.00. The largest absolute Gasteiger partial charge is 0.270 e. The first-order valence-electron chi connectivity index (χ1n) is 7.47. The molecule has 0 radical (unpaired) electrons. The molecule has 3 rings (SSSR count). The number of aromatic nitrogens is 3. The molecule has 0 bridgehead atoms. The smallest absolute Gasteiger partial charge is 0.196 e. The van der Waals surface area contributed by atoms with Gasteiger partial charge in [0.2, 0.25) is 0 Å². The Hall–Kier alpha value is -2.29. The molecular weight excluding hydrogens is 340 g/mol. The van der Waals surface area contributed by atoms with Crippen molar-refractivity contribution in [3.8, 4) is 23.1 Å². The Bertz CT molecular complexity index is 864. The van der Waals surface area contributed by atoms with E-state index in [1.54, 1.807) is 0 Å². The van der Waals surface area contributed by atoms with Gasteiger partial charge in [-0.05, 0) is 31.2 Å². The standard InChI is InChI=1S/C18H15ClN4S/c1-13-3-5-14(6-4-13)17-21-22-18(24-12-2-11-20)23(17)16-9-7-15(19)8-10-16/h3-10H,2,12H2,1H3. The molecule has 4 nitrogen and oxygen atoms in total. The van der Waals surface area contributed by atoms with Crippen molar-refractivity contribution in [3.63, 3.8) is 0 Å². The average molecular weight is 355 g/mol. The summed E-state index contributed by atoms with van der Waals surface area (Å²) in [6.45, 7) is 2.05. The van der Waals surface area contributed by atoms with Crippen molar-refractivity contribution in [1.82, 2.24) is 14.8 Å². The summed E-state index contributed by atoms with van der Waals surface area (Å²) in [5, 5.41) is 18.9. The van der Waals surface area contributed by atoms with Crippen molar-refractivity contribution < 1.29 is 0 Å². The molecule has 120 valence electrons. The highest BCUT2D eigenvalue weighted by Gasteiger charge is 2.16. The van der Waals surface area contributed by atoms with Crippen LogP contribution in [0.5, 0.6) is 0 Å². The van der Waals surface area contributed by atoms with E-state index in [-0.39, 0.29) is 0 Å². The van der Waals surface area contributed by atoms with Gasteiger partial charge in [0, 0.05) is 28.4 Å². The van der Waals surface area contributed by atoms with Crippen LogP contribution in [0.3, 0.4) is 0 Å². The number of nitriles is 1. The topological polar surface area (TPSA) is 54.5 Å². The molecule has 0 saturated heterocycles. The van der Waals surface area contributed by atoms with Gasteiger partial charge in [0.15, 0.2) is 11.0 Å². The minimum absolute atomic E-state index is 0.470. The number of hydrogen-bond acceptors (Lipinski definition) is 4. The SMILES string of the molecule is Cc1ccc(-c2nnc(SCCC#N)n2-c2ccc(Cl)cc2)cc1. The Labute approximate surface area is 150 Å². The molecule has 0 atom stereocenters. The molecule has 0 fully saturated rings. The van der Waals surface area contributed by atoms with Gasteiger partial charge in [0.1, 0.15) is 0 Å². The number of hydrogen-bond donors (Lipinski definition) is 0. The lowest BCUT2D eigenvalue weighted by molar-refractivity contribution is 0.885. The fourth-order valence-electron chi connectivity index (χ4n) is 2.26. The van der Waals surface area contributed by atoms with Crippen LogP contribution >= 0.6 is 23.4 Å². The van der Waals surface area contributed by atoms with E-state index in [1.807, 2.05) is 41.0 Å². The van der Waals surface area contributed by atoms with Gasteiger partial charge in [0.05, 0.1) is 6.07 Å². The lowest BCUT2D eigenvalue weighted by Crippen LogP contribution is -2.00. The van der Waals surface area contributed by atoms with Gasteiger partial charge < -0.3 is 0 Å². The van der Waals surface area contributed by atoms with Gasteiger partial charge in [-0.25, -0.2) is 0 Å². The quantitative estimate of drug-likeness (QED) is 0.483.